The molecule has 1 aliphatic heterocycles. The summed E-state index contributed by atoms with van der Waals surface area (Å²) in [5.41, 5.74) is 2.36. The number of ether oxygens (including phenoxy) is 1. The zero-order valence-electron chi connectivity index (χ0n) is 15.1. The summed E-state index contributed by atoms with van der Waals surface area (Å²) in [4.78, 5) is 27.4. The lowest BCUT2D eigenvalue weighted by Gasteiger charge is -2.24. The molecule has 0 aliphatic carbocycles. The van der Waals surface area contributed by atoms with Crippen LogP contribution in [-0.2, 0) is 0 Å². The molecule has 1 saturated heterocycles. The molecule has 0 N–H and O–H groups in total. The van der Waals surface area contributed by atoms with Gasteiger partial charge in [-0.25, -0.2) is 9.97 Å². The predicted molar refractivity (Wildman–Crippen MR) is 101 cm³/mol. The molecule has 4 rings (SSSR count). The van der Waals surface area contributed by atoms with Crippen molar-refractivity contribution in [2.45, 2.75) is 25.8 Å². The molecule has 3 aromatic rings. The summed E-state index contributed by atoms with van der Waals surface area (Å²) in [6.07, 6.45) is 6.40. The minimum absolute atomic E-state index is 0.0823. The predicted octanol–water partition coefficient (Wildman–Crippen LogP) is 3.95. The van der Waals surface area contributed by atoms with E-state index in [-0.39, 0.29) is 11.9 Å². The number of amides is 1. The van der Waals surface area contributed by atoms with Crippen molar-refractivity contribution in [3.8, 4) is 11.6 Å². The highest BCUT2D eigenvalue weighted by Crippen LogP contribution is 2.33. The first-order chi connectivity index (χ1) is 13.2. The Morgan fingerprint density at radius 3 is 2.78 bits per heavy atom. The third-order valence-corrected chi connectivity index (χ3v) is 4.63. The number of carbonyl (C=O) groups is 1. The number of pyridine rings is 1. The van der Waals surface area contributed by atoms with Gasteiger partial charge in [0.25, 0.3) is 5.91 Å². The van der Waals surface area contributed by atoms with Crippen LogP contribution < -0.4 is 4.74 Å². The fourth-order valence-corrected chi connectivity index (χ4v) is 3.27. The summed E-state index contributed by atoms with van der Waals surface area (Å²) >= 11 is 0. The van der Waals surface area contributed by atoms with Crippen LogP contribution >= 0.6 is 0 Å². The second-order valence-corrected chi connectivity index (χ2v) is 6.56. The van der Waals surface area contributed by atoms with Gasteiger partial charge in [0, 0.05) is 25.0 Å². The van der Waals surface area contributed by atoms with Gasteiger partial charge in [-0.1, -0.05) is 23.8 Å². The third-order valence-electron chi connectivity index (χ3n) is 4.63. The summed E-state index contributed by atoms with van der Waals surface area (Å²) in [6.45, 7) is 2.72. The fraction of sp³-hybridized carbons (Fsp3) is 0.238. The lowest BCUT2D eigenvalue weighted by Crippen LogP contribution is -2.31. The van der Waals surface area contributed by atoms with E-state index in [0.29, 0.717) is 18.1 Å². The number of hydrogen-bond acceptors (Lipinski definition) is 5. The van der Waals surface area contributed by atoms with Gasteiger partial charge in [-0.3, -0.25) is 9.78 Å². The standard InChI is InChI=1S/C21H20N4O2/c1-15-7-9-16(10-8-15)27-20-6-2-4-17(24-20)19-5-3-13-25(19)21(26)18-14-22-11-12-23-18/h2,4,6-12,14,19H,3,5,13H2,1H3/t19-/m0/s1. The summed E-state index contributed by atoms with van der Waals surface area (Å²) in [5, 5.41) is 0. The molecule has 1 aromatic carbocycles. The van der Waals surface area contributed by atoms with Crippen LogP contribution in [0.25, 0.3) is 0 Å². The topological polar surface area (TPSA) is 68.2 Å². The van der Waals surface area contributed by atoms with E-state index in [4.69, 9.17) is 4.74 Å². The van der Waals surface area contributed by atoms with E-state index in [1.165, 1.54) is 18.0 Å². The third kappa shape index (κ3) is 3.79. The molecule has 27 heavy (non-hydrogen) atoms. The van der Waals surface area contributed by atoms with Crippen molar-refractivity contribution >= 4 is 5.91 Å². The fourth-order valence-electron chi connectivity index (χ4n) is 3.27. The van der Waals surface area contributed by atoms with Gasteiger partial charge < -0.3 is 9.64 Å². The summed E-state index contributed by atoms with van der Waals surface area (Å²) in [5.74, 6) is 1.15. The molecular formula is C21H20N4O2. The molecule has 0 unspecified atom stereocenters. The number of hydrogen-bond donors (Lipinski definition) is 0. The highest BCUT2D eigenvalue weighted by molar-refractivity contribution is 5.92. The van der Waals surface area contributed by atoms with E-state index < -0.39 is 0 Å². The van der Waals surface area contributed by atoms with Crippen LogP contribution in [0.5, 0.6) is 11.6 Å². The Hall–Kier alpha value is -3.28. The molecule has 0 bridgehead atoms. The number of aromatic nitrogens is 3. The van der Waals surface area contributed by atoms with Gasteiger partial charge in [0.2, 0.25) is 5.88 Å². The zero-order chi connectivity index (χ0) is 18.6. The molecule has 136 valence electrons. The van der Waals surface area contributed by atoms with Crippen LogP contribution in [0, 0.1) is 6.92 Å². The first-order valence-corrected chi connectivity index (χ1v) is 8.99. The van der Waals surface area contributed by atoms with Crippen LogP contribution in [0.15, 0.2) is 61.1 Å². The van der Waals surface area contributed by atoms with Gasteiger partial charge in [0.1, 0.15) is 11.4 Å². The Balaban J connectivity index is 1.55. The van der Waals surface area contributed by atoms with Crippen molar-refractivity contribution < 1.29 is 9.53 Å². The number of nitrogens with zero attached hydrogens (tertiary/aromatic N) is 4. The molecular weight excluding hydrogens is 340 g/mol. The first kappa shape index (κ1) is 17.1. The van der Waals surface area contributed by atoms with Crippen LogP contribution in [0.3, 0.4) is 0 Å². The summed E-state index contributed by atoms with van der Waals surface area (Å²) in [6, 6.07) is 13.4. The number of carbonyl (C=O) groups excluding carboxylic acids is 1. The number of benzene rings is 1. The van der Waals surface area contributed by atoms with Crippen LogP contribution in [0.1, 0.15) is 40.6 Å². The summed E-state index contributed by atoms with van der Waals surface area (Å²) < 4.78 is 5.88. The zero-order valence-corrected chi connectivity index (χ0v) is 15.1. The molecule has 6 heteroatoms. The Kier molecular flexibility index (Phi) is 4.78. The first-order valence-electron chi connectivity index (χ1n) is 8.99. The number of rotatable bonds is 4. The smallest absolute Gasteiger partial charge is 0.274 e. The normalized spacial score (nSPS) is 16.3. The Morgan fingerprint density at radius 1 is 1.15 bits per heavy atom. The lowest BCUT2D eigenvalue weighted by atomic mass is 10.1. The average Bonchev–Trinajstić information content (AvgIpc) is 3.20. The molecule has 1 amide bonds. The molecule has 3 heterocycles. The van der Waals surface area contributed by atoms with E-state index in [0.717, 1.165) is 24.3 Å². The second kappa shape index (κ2) is 7.53. The average molecular weight is 360 g/mol. The highest BCUT2D eigenvalue weighted by atomic mass is 16.5. The molecule has 2 aromatic heterocycles. The number of likely N-dealkylation sites (tertiary alicyclic amines) is 1. The minimum atomic E-state index is -0.114. The Labute approximate surface area is 157 Å². The molecule has 0 spiro atoms. The Morgan fingerprint density at radius 2 is 2.00 bits per heavy atom. The van der Waals surface area contributed by atoms with E-state index in [1.807, 2.05) is 54.3 Å². The lowest BCUT2D eigenvalue weighted by molar-refractivity contribution is 0.0726. The number of aryl methyl sites for hydroxylation is 1. The van der Waals surface area contributed by atoms with Gasteiger partial charge in [0.15, 0.2) is 0 Å². The van der Waals surface area contributed by atoms with Crippen LogP contribution in [0.4, 0.5) is 0 Å². The van der Waals surface area contributed by atoms with Gasteiger partial charge >= 0.3 is 0 Å². The van der Waals surface area contributed by atoms with Crippen molar-refractivity contribution in [1.82, 2.24) is 19.9 Å². The maximum atomic E-state index is 12.8. The van der Waals surface area contributed by atoms with Gasteiger partial charge in [-0.05, 0) is 38.0 Å². The van der Waals surface area contributed by atoms with Crippen molar-refractivity contribution in [3.63, 3.8) is 0 Å². The molecule has 1 fully saturated rings. The summed E-state index contributed by atoms with van der Waals surface area (Å²) in [7, 11) is 0. The SMILES string of the molecule is Cc1ccc(Oc2cccc([C@@H]3CCCN3C(=O)c3cnccn3)n2)cc1. The molecule has 1 aliphatic rings. The van der Waals surface area contributed by atoms with E-state index in [2.05, 4.69) is 15.0 Å². The largest absolute Gasteiger partial charge is 0.439 e. The molecule has 0 saturated carbocycles. The quantitative estimate of drug-likeness (QED) is 0.705. The van der Waals surface area contributed by atoms with E-state index in [1.54, 1.807) is 6.20 Å². The van der Waals surface area contributed by atoms with Gasteiger partial charge in [0.05, 0.1) is 17.9 Å². The maximum absolute atomic E-state index is 12.8. The van der Waals surface area contributed by atoms with Crippen LogP contribution in [-0.4, -0.2) is 32.3 Å². The molecule has 0 radical (unpaired) electrons. The molecule has 1 atom stereocenters. The maximum Gasteiger partial charge on any atom is 0.274 e. The van der Waals surface area contributed by atoms with Crippen molar-refractivity contribution in [1.29, 1.82) is 0 Å². The highest BCUT2D eigenvalue weighted by Gasteiger charge is 2.32. The van der Waals surface area contributed by atoms with Crippen LogP contribution in [0.2, 0.25) is 0 Å². The second-order valence-electron chi connectivity index (χ2n) is 6.56. The van der Waals surface area contributed by atoms with Crippen molar-refractivity contribution in [2.75, 3.05) is 6.54 Å². The monoisotopic (exact) mass is 360 g/mol. The van der Waals surface area contributed by atoms with Gasteiger partial charge in [-0.15, -0.1) is 0 Å². The van der Waals surface area contributed by atoms with Gasteiger partial charge in [-0.2, -0.15) is 0 Å². The van der Waals surface area contributed by atoms with E-state index >= 15 is 0 Å². The Bertz CT molecular complexity index is 928. The van der Waals surface area contributed by atoms with Crippen molar-refractivity contribution in [2.24, 2.45) is 0 Å². The van der Waals surface area contributed by atoms with E-state index in [9.17, 15) is 4.79 Å². The molecule has 6 nitrogen and oxygen atoms in total. The minimum Gasteiger partial charge on any atom is -0.439 e. The van der Waals surface area contributed by atoms with Crippen molar-refractivity contribution in [3.05, 3.63) is 78.0 Å².